The van der Waals surface area contributed by atoms with Gasteiger partial charge in [-0.15, -0.1) is 0 Å². The zero-order valence-corrected chi connectivity index (χ0v) is 15.0. The van der Waals surface area contributed by atoms with Gasteiger partial charge in [0.15, 0.2) is 0 Å². The molecular formula is C20H25N3O. The SMILES string of the molecule is COc1ccc(N(C)/N=C/C2N(C)c3ccccc3C2(C)C)cc1. The van der Waals surface area contributed by atoms with Gasteiger partial charge >= 0.3 is 0 Å². The molecule has 0 spiro atoms. The molecule has 0 bridgehead atoms. The van der Waals surface area contributed by atoms with Crippen LogP contribution in [-0.2, 0) is 5.41 Å². The molecule has 0 amide bonds. The third-order valence-corrected chi connectivity index (χ3v) is 4.96. The Morgan fingerprint density at radius 1 is 1.12 bits per heavy atom. The molecule has 0 aromatic heterocycles. The van der Waals surface area contributed by atoms with Crippen molar-refractivity contribution < 1.29 is 4.74 Å². The molecule has 0 radical (unpaired) electrons. The van der Waals surface area contributed by atoms with Gasteiger partial charge in [0.1, 0.15) is 5.75 Å². The maximum absolute atomic E-state index is 5.20. The zero-order chi connectivity index (χ0) is 17.3. The van der Waals surface area contributed by atoms with E-state index in [1.54, 1.807) is 7.11 Å². The number of nitrogens with zero attached hydrogens (tertiary/aromatic N) is 3. The number of benzene rings is 2. The summed E-state index contributed by atoms with van der Waals surface area (Å²) in [6.45, 7) is 4.55. The maximum Gasteiger partial charge on any atom is 0.119 e. The predicted molar refractivity (Wildman–Crippen MR) is 102 cm³/mol. The molecule has 1 heterocycles. The van der Waals surface area contributed by atoms with Gasteiger partial charge in [-0.3, -0.25) is 5.01 Å². The lowest BCUT2D eigenvalue weighted by molar-refractivity contribution is 0.415. The van der Waals surface area contributed by atoms with Gasteiger partial charge in [-0.05, 0) is 35.9 Å². The highest BCUT2D eigenvalue weighted by Gasteiger charge is 2.41. The highest BCUT2D eigenvalue weighted by Crippen LogP contribution is 2.43. The third-order valence-electron chi connectivity index (χ3n) is 4.96. The zero-order valence-electron chi connectivity index (χ0n) is 15.0. The summed E-state index contributed by atoms with van der Waals surface area (Å²) in [5.41, 5.74) is 3.71. The topological polar surface area (TPSA) is 28.1 Å². The van der Waals surface area contributed by atoms with Crippen LogP contribution < -0.4 is 14.6 Å². The summed E-state index contributed by atoms with van der Waals surface area (Å²) in [5.74, 6) is 0.850. The Morgan fingerprint density at radius 2 is 1.79 bits per heavy atom. The lowest BCUT2D eigenvalue weighted by atomic mass is 9.81. The lowest BCUT2D eigenvalue weighted by Crippen LogP contribution is -2.41. The van der Waals surface area contributed by atoms with E-state index in [-0.39, 0.29) is 11.5 Å². The molecule has 0 saturated heterocycles. The van der Waals surface area contributed by atoms with Crippen molar-refractivity contribution in [2.75, 3.05) is 31.1 Å². The van der Waals surface area contributed by atoms with Crippen LogP contribution in [0.2, 0.25) is 0 Å². The number of hydrazone groups is 1. The Hall–Kier alpha value is -2.49. The highest BCUT2D eigenvalue weighted by atomic mass is 16.5. The smallest absolute Gasteiger partial charge is 0.119 e. The number of hydrogen-bond acceptors (Lipinski definition) is 4. The Kier molecular flexibility index (Phi) is 4.22. The molecule has 1 unspecified atom stereocenters. The van der Waals surface area contributed by atoms with Crippen molar-refractivity contribution in [3.8, 4) is 5.75 Å². The van der Waals surface area contributed by atoms with E-state index in [1.165, 1.54) is 11.3 Å². The largest absolute Gasteiger partial charge is 0.497 e. The molecule has 0 aliphatic carbocycles. The quantitative estimate of drug-likeness (QED) is 0.631. The van der Waals surface area contributed by atoms with Crippen molar-refractivity contribution in [1.82, 2.24) is 0 Å². The van der Waals surface area contributed by atoms with E-state index in [0.717, 1.165) is 11.4 Å². The summed E-state index contributed by atoms with van der Waals surface area (Å²) in [6, 6.07) is 16.7. The number of likely N-dealkylation sites (N-methyl/N-ethyl adjacent to an activating group) is 1. The molecule has 1 atom stereocenters. The number of para-hydroxylation sites is 1. The summed E-state index contributed by atoms with van der Waals surface area (Å²) < 4.78 is 5.20. The van der Waals surface area contributed by atoms with Crippen molar-refractivity contribution in [2.24, 2.45) is 5.10 Å². The van der Waals surface area contributed by atoms with Crippen LogP contribution in [0.5, 0.6) is 5.75 Å². The molecule has 24 heavy (non-hydrogen) atoms. The number of fused-ring (bicyclic) bond motifs is 1. The molecule has 4 heteroatoms. The van der Waals surface area contributed by atoms with E-state index in [4.69, 9.17) is 4.74 Å². The molecule has 0 fully saturated rings. The van der Waals surface area contributed by atoms with Gasteiger partial charge in [0.25, 0.3) is 0 Å². The first-order valence-electron chi connectivity index (χ1n) is 8.19. The fourth-order valence-electron chi connectivity index (χ4n) is 3.43. The monoisotopic (exact) mass is 323 g/mol. The minimum absolute atomic E-state index is 0.0234. The Balaban J connectivity index is 1.81. The van der Waals surface area contributed by atoms with E-state index in [2.05, 4.69) is 55.2 Å². The molecule has 1 aliphatic heterocycles. The summed E-state index contributed by atoms with van der Waals surface area (Å²) in [4.78, 5) is 2.31. The van der Waals surface area contributed by atoms with Crippen molar-refractivity contribution in [3.63, 3.8) is 0 Å². The Labute approximate surface area is 144 Å². The summed E-state index contributed by atoms with van der Waals surface area (Å²) in [6.07, 6.45) is 2.05. The fraction of sp³-hybridized carbons (Fsp3) is 0.350. The van der Waals surface area contributed by atoms with Crippen LogP contribution in [-0.4, -0.2) is 33.5 Å². The second-order valence-corrected chi connectivity index (χ2v) is 6.78. The molecular weight excluding hydrogens is 298 g/mol. The van der Waals surface area contributed by atoms with Crippen LogP contribution in [0.25, 0.3) is 0 Å². The molecule has 0 N–H and O–H groups in total. The molecule has 2 aromatic carbocycles. The molecule has 126 valence electrons. The normalized spacial score (nSPS) is 18.7. The van der Waals surface area contributed by atoms with Crippen LogP contribution in [0.15, 0.2) is 53.6 Å². The first kappa shape index (κ1) is 16.4. The van der Waals surface area contributed by atoms with Crippen LogP contribution in [0.1, 0.15) is 19.4 Å². The summed E-state index contributed by atoms with van der Waals surface area (Å²) >= 11 is 0. The number of methoxy groups -OCH3 is 1. The lowest BCUT2D eigenvalue weighted by Gasteiger charge is -2.29. The minimum Gasteiger partial charge on any atom is -0.497 e. The highest BCUT2D eigenvalue weighted by molar-refractivity contribution is 5.80. The molecule has 4 nitrogen and oxygen atoms in total. The second kappa shape index (κ2) is 6.19. The van der Waals surface area contributed by atoms with E-state index < -0.39 is 0 Å². The van der Waals surface area contributed by atoms with Crippen molar-refractivity contribution >= 4 is 17.6 Å². The van der Waals surface area contributed by atoms with Gasteiger partial charge in [0.2, 0.25) is 0 Å². The minimum atomic E-state index is 0.0234. The van der Waals surface area contributed by atoms with Gasteiger partial charge in [0, 0.05) is 31.4 Å². The predicted octanol–water partition coefficient (Wildman–Crippen LogP) is 3.91. The Bertz CT molecular complexity index is 737. The van der Waals surface area contributed by atoms with Crippen LogP contribution in [0.4, 0.5) is 11.4 Å². The molecule has 0 saturated carbocycles. The van der Waals surface area contributed by atoms with Gasteiger partial charge < -0.3 is 9.64 Å². The second-order valence-electron chi connectivity index (χ2n) is 6.78. The van der Waals surface area contributed by atoms with E-state index in [1.807, 2.05) is 42.5 Å². The Morgan fingerprint density at radius 3 is 2.42 bits per heavy atom. The molecule has 1 aliphatic rings. The van der Waals surface area contributed by atoms with Crippen molar-refractivity contribution in [1.29, 1.82) is 0 Å². The van der Waals surface area contributed by atoms with Gasteiger partial charge in [-0.25, -0.2) is 0 Å². The van der Waals surface area contributed by atoms with Gasteiger partial charge in [-0.2, -0.15) is 5.10 Å². The average molecular weight is 323 g/mol. The third kappa shape index (κ3) is 2.73. The van der Waals surface area contributed by atoms with Crippen LogP contribution >= 0.6 is 0 Å². The van der Waals surface area contributed by atoms with E-state index in [9.17, 15) is 0 Å². The fourth-order valence-corrected chi connectivity index (χ4v) is 3.43. The average Bonchev–Trinajstić information content (AvgIpc) is 2.80. The maximum atomic E-state index is 5.20. The summed E-state index contributed by atoms with van der Waals surface area (Å²) in [5, 5.41) is 6.58. The van der Waals surface area contributed by atoms with Gasteiger partial charge in [0.05, 0.1) is 18.8 Å². The van der Waals surface area contributed by atoms with E-state index >= 15 is 0 Å². The van der Waals surface area contributed by atoms with Crippen LogP contribution in [0, 0.1) is 0 Å². The van der Waals surface area contributed by atoms with Crippen molar-refractivity contribution in [2.45, 2.75) is 25.3 Å². The number of anilines is 2. The summed E-state index contributed by atoms with van der Waals surface area (Å²) in [7, 11) is 5.78. The van der Waals surface area contributed by atoms with Gasteiger partial charge in [-0.1, -0.05) is 32.0 Å². The first-order valence-corrected chi connectivity index (χ1v) is 8.19. The molecule has 2 aromatic rings. The standard InChI is InChI=1S/C20H25N3O/c1-20(2)17-8-6-7-9-18(17)22(3)19(20)14-21-23(4)15-10-12-16(24-5)13-11-15/h6-14,19H,1-5H3/b21-14+. The molecule has 3 rings (SSSR count). The number of hydrogen-bond donors (Lipinski definition) is 0. The van der Waals surface area contributed by atoms with Crippen molar-refractivity contribution in [3.05, 3.63) is 54.1 Å². The first-order chi connectivity index (χ1) is 11.4. The number of ether oxygens (including phenoxy) is 1. The number of rotatable bonds is 4. The van der Waals surface area contributed by atoms with E-state index in [0.29, 0.717) is 0 Å². The van der Waals surface area contributed by atoms with Crippen LogP contribution in [0.3, 0.4) is 0 Å².